The molecule has 2 aromatic rings. The van der Waals surface area contributed by atoms with E-state index in [9.17, 15) is 30.8 Å². The van der Waals surface area contributed by atoms with E-state index in [4.69, 9.17) is 23.2 Å². The molecule has 1 aromatic carbocycles. The number of hydrogen-bond acceptors (Lipinski definition) is 4. The number of anilines is 1. The predicted molar refractivity (Wildman–Crippen MR) is 88.1 cm³/mol. The van der Waals surface area contributed by atoms with E-state index < -0.39 is 49.6 Å². The van der Waals surface area contributed by atoms with Gasteiger partial charge in [0.15, 0.2) is 0 Å². The number of benzene rings is 1. The van der Waals surface area contributed by atoms with Gasteiger partial charge in [0.05, 0.1) is 10.7 Å². The van der Waals surface area contributed by atoms with Crippen LogP contribution in [0.3, 0.4) is 0 Å². The molecule has 0 saturated heterocycles. The number of rotatable bonds is 4. The smallest absolute Gasteiger partial charge is 0.287 e. The minimum Gasteiger partial charge on any atom is -0.287 e. The van der Waals surface area contributed by atoms with Gasteiger partial charge < -0.3 is 0 Å². The van der Waals surface area contributed by atoms with Crippen molar-refractivity contribution >= 4 is 38.9 Å². The molecule has 0 amide bonds. The zero-order chi connectivity index (χ0) is 19.9. The van der Waals surface area contributed by atoms with Crippen LogP contribution in [0, 0.1) is 5.82 Å². The molecule has 1 aromatic heterocycles. The molecule has 0 aliphatic carbocycles. The highest BCUT2D eigenvalue weighted by Gasteiger charge is 2.34. The quantitative estimate of drug-likeness (QED) is 0.592. The Kier molecular flexibility index (Phi) is 5.54. The van der Waals surface area contributed by atoms with Crippen LogP contribution in [0.4, 0.5) is 23.2 Å². The molecule has 0 atom stereocenters. The van der Waals surface area contributed by atoms with Gasteiger partial charge in [0.2, 0.25) is 15.5 Å². The van der Waals surface area contributed by atoms with E-state index in [-0.39, 0.29) is 16.8 Å². The van der Waals surface area contributed by atoms with Gasteiger partial charge in [0, 0.05) is 18.7 Å². The van der Waals surface area contributed by atoms with Crippen LogP contribution in [0.1, 0.15) is 5.69 Å². The number of aromatic nitrogens is 2. The summed E-state index contributed by atoms with van der Waals surface area (Å²) < 4.78 is 78.0. The molecule has 0 saturated carbocycles. The van der Waals surface area contributed by atoms with Gasteiger partial charge in [-0.25, -0.2) is 12.8 Å². The SMILES string of the molecule is Cn1nc(-c2cc(NS(=O)(=O)CCl)c(Cl)cc2F)c(=O)cc1C(F)(F)F. The average Bonchev–Trinajstić information content (AvgIpc) is 2.51. The van der Waals surface area contributed by atoms with Gasteiger partial charge in [-0.2, -0.15) is 18.3 Å². The van der Waals surface area contributed by atoms with Crippen LogP contribution >= 0.6 is 23.2 Å². The molecule has 0 fully saturated rings. The normalized spacial score (nSPS) is 12.3. The van der Waals surface area contributed by atoms with Crippen LogP contribution in [-0.2, 0) is 23.2 Å². The minimum absolute atomic E-state index is 0.263. The zero-order valence-electron chi connectivity index (χ0n) is 12.7. The monoisotopic (exact) mass is 433 g/mol. The largest absolute Gasteiger partial charge is 0.433 e. The fourth-order valence-electron chi connectivity index (χ4n) is 1.99. The molecule has 0 aliphatic heterocycles. The van der Waals surface area contributed by atoms with Crippen molar-refractivity contribution in [3.8, 4) is 11.3 Å². The molecule has 0 unspecified atom stereocenters. The van der Waals surface area contributed by atoms with Crippen molar-refractivity contribution < 1.29 is 26.0 Å². The summed E-state index contributed by atoms with van der Waals surface area (Å²) in [6.45, 7) is 0. The van der Waals surface area contributed by atoms with Gasteiger partial charge in [-0.15, -0.1) is 11.6 Å². The third-order valence-corrected chi connectivity index (χ3v) is 5.10. The summed E-state index contributed by atoms with van der Waals surface area (Å²) in [7, 11) is -3.07. The highest BCUT2D eigenvalue weighted by atomic mass is 35.5. The van der Waals surface area contributed by atoms with E-state index >= 15 is 0 Å². The number of hydrogen-bond donors (Lipinski definition) is 1. The van der Waals surface area contributed by atoms with Gasteiger partial charge in [0.25, 0.3) is 0 Å². The Morgan fingerprint density at radius 2 is 1.88 bits per heavy atom. The summed E-state index contributed by atoms with van der Waals surface area (Å²) in [5.74, 6) is -1.08. The number of aryl methyl sites for hydroxylation is 1. The molecule has 1 N–H and O–H groups in total. The third kappa shape index (κ3) is 4.27. The number of alkyl halides is 4. The Morgan fingerprint density at radius 3 is 2.42 bits per heavy atom. The van der Waals surface area contributed by atoms with Crippen LogP contribution in [0.2, 0.25) is 5.02 Å². The fourth-order valence-corrected chi connectivity index (χ4v) is 2.97. The standard InChI is InChI=1S/C13H9Cl2F4N3O3S/c1-22-11(13(17,18)19)4-10(23)12(20-22)6-2-9(7(15)3-8(6)16)21-26(24,25)5-14/h2-4,21H,5H2,1H3. The predicted octanol–water partition coefficient (Wildman–Crippen LogP) is 3.20. The highest BCUT2D eigenvalue weighted by molar-refractivity contribution is 7.93. The first-order valence-corrected chi connectivity index (χ1v) is 9.13. The highest BCUT2D eigenvalue weighted by Crippen LogP contribution is 2.32. The van der Waals surface area contributed by atoms with E-state index in [0.29, 0.717) is 10.7 Å². The first-order valence-electron chi connectivity index (χ1n) is 6.57. The molecule has 13 heteroatoms. The fraction of sp³-hybridized carbons (Fsp3) is 0.231. The summed E-state index contributed by atoms with van der Waals surface area (Å²) in [6.07, 6.45) is -4.83. The summed E-state index contributed by atoms with van der Waals surface area (Å²) in [5, 5.41) is 2.29. The van der Waals surface area contributed by atoms with Gasteiger partial charge in [-0.3, -0.25) is 14.2 Å². The van der Waals surface area contributed by atoms with Crippen LogP contribution in [0.25, 0.3) is 11.3 Å². The molecular formula is C13H9Cl2F4N3O3S. The lowest BCUT2D eigenvalue weighted by atomic mass is 10.1. The Bertz CT molecular complexity index is 1020. The van der Waals surface area contributed by atoms with Gasteiger partial charge in [-0.1, -0.05) is 11.6 Å². The second-order valence-corrected chi connectivity index (χ2v) is 7.72. The Hall–Kier alpha value is -1.85. The Labute approximate surface area is 154 Å². The Balaban J connectivity index is 2.66. The maximum absolute atomic E-state index is 14.2. The number of sulfonamides is 1. The van der Waals surface area contributed by atoms with Crippen molar-refractivity contribution in [2.75, 3.05) is 9.93 Å². The number of nitrogens with one attached hydrogen (secondary N) is 1. The topological polar surface area (TPSA) is 81.1 Å². The van der Waals surface area contributed by atoms with Gasteiger partial charge in [0.1, 0.15) is 22.4 Å². The van der Waals surface area contributed by atoms with Crippen molar-refractivity contribution in [3.63, 3.8) is 0 Å². The average molecular weight is 434 g/mol. The summed E-state index contributed by atoms with van der Waals surface area (Å²) in [5.41, 5.74) is -4.03. The molecule has 0 radical (unpaired) electrons. The first kappa shape index (κ1) is 20.5. The molecule has 0 bridgehead atoms. The van der Waals surface area contributed by atoms with Crippen LogP contribution in [-0.4, -0.2) is 23.4 Å². The third-order valence-electron chi connectivity index (χ3n) is 3.11. The first-order chi connectivity index (χ1) is 11.9. The maximum Gasteiger partial charge on any atom is 0.433 e. The lowest BCUT2D eigenvalue weighted by Crippen LogP contribution is -2.23. The van der Waals surface area contributed by atoms with Crippen LogP contribution in [0.15, 0.2) is 23.0 Å². The molecular weight excluding hydrogens is 425 g/mol. The lowest BCUT2D eigenvalue weighted by Gasteiger charge is -2.14. The maximum atomic E-state index is 14.2. The second-order valence-electron chi connectivity index (χ2n) is 5.00. The van der Waals surface area contributed by atoms with E-state index in [2.05, 4.69) is 5.10 Å². The molecule has 0 spiro atoms. The molecule has 6 nitrogen and oxygen atoms in total. The zero-order valence-corrected chi connectivity index (χ0v) is 15.1. The summed E-state index contributed by atoms with van der Waals surface area (Å²) >= 11 is 11.0. The number of nitrogens with zero attached hydrogens (tertiary/aromatic N) is 2. The van der Waals surface area contributed by atoms with Crippen molar-refractivity contribution in [3.05, 3.63) is 45.0 Å². The Morgan fingerprint density at radius 1 is 1.27 bits per heavy atom. The molecule has 0 aliphatic rings. The molecule has 142 valence electrons. The molecule has 26 heavy (non-hydrogen) atoms. The number of halogens is 6. The minimum atomic E-state index is -4.83. The van der Waals surface area contributed by atoms with E-state index in [1.165, 1.54) is 0 Å². The van der Waals surface area contributed by atoms with Crippen molar-refractivity contribution in [1.82, 2.24) is 9.78 Å². The summed E-state index contributed by atoms with van der Waals surface area (Å²) in [6, 6.07) is 1.81. The van der Waals surface area contributed by atoms with Crippen LogP contribution in [0.5, 0.6) is 0 Å². The lowest BCUT2D eigenvalue weighted by molar-refractivity contribution is -0.144. The van der Waals surface area contributed by atoms with Gasteiger partial charge in [-0.05, 0) is 12.1 Å². The van der Waals surface area contributed by atoms with Gasteiger partial charge >= 0.3 is 6.18 Å². The van der Waals surface area contributed by atoms with Crippen LogP contribution < -0.4 is 10.2 Å². The summed E-state index contributed by atoms with van der Waals surface area (Å²) in [4.78, 5) is 12.0. The second kappa shape index (κ2) is 7.05. The van der Waals surface area contributed by atoms with E-state index in [1.807, 2.05) is 4.72 Å². The van der Waals surface area contributed by atoms with E-state index in [1.54, 1.807) is 0 Å². The van der Waals surface area contributed by atoms with Crippen molar-refractivity contribution in [1.29, 1.82) is 0 Å². The van der Waals surface area contributed by atoms with Crippen molar-refractivity contribution in [2.45, 2.75) is 6.18 Å². The molecule has 2 rings (SSSR count). The van der Waals surface area contributed by atoms with Crippen molar-refractivity contribution in [2.24, 2.45) is 7.05 Å². The van der Waals surface area contributed by atoms with E-state index in [0.717, 1.165) is 13.1 Å². The molecule has 1 heterocycles.